The Morgan fingerprint density at radius 1 is 0.903 bits per heavy atom. The van der Waals surface area contributed by atoms with Crippen molar-refractivity contribution in [2.45, 2.75) is 124 Å². The molecule has 0 bridgehead atoms. The predicted molar refractivity (Wildman–Crippen MR) is 137 cm³/mol. The number of hydrogen-bond donors (Lipinski definition) is 0. The van der Waals surface area contributed by atoms with Gasteiger partial charge in [0.15, 0.2) is 16.6 Å². The van der Waals surface area contributed by atoms with Crippen LogP contribution in [0.15, 0.2) is 11.6 Å². The Morgan fingerprint density at radius 3 is 2.26 bits per heavy atom. The lowest BCUT2D eigenvalue weighted by Crippen LogP contribution is -2.52. The minimum Gasteiger partial charge on any atom is -0.415 e. The van der Waals surface area contributed by atoms with Crippen molar-refractivity contribution < 1.29 is 8.85 Å². The topological polar surface area (TPSA) is 18.5 Å². The van der Waals surface area contributed by atoms with Crippen LogP contribution in [0.5, 0.6) is 0 Å². The molecule has 0 saturated heterocycles. The smallest absolute Gasteiger partial charge is 0.184 e. The van der Waals surface area contributed by atoms with Crippen molar-refractivity contribution >= 4 is 16.6 Å². The van der Waals surface area contributed by atoms with Crippen LogP contribution in [0.25, 0.3) is 0 Å². The fourth-order valence-electron chi connectivity index (χ4n) is 8.68. The van der Waals surface area contributed by atoms with E-state index in [-0.39, 0.29) is 0 Å². The molecule has 0 N–H and O–H groups in total. The maximum atomic E-state index is 6.65. The minimum absolute atomic E-state index is 0.428. The Kier molecular flexibility index (Phi) is 6.33. The first kappa shape index (κ1) is 24.2. The van der Waals surface area contributed by atoms with Crippen LogP contribution in [0.4, 0.5) is 0 Å². The van der Waals surface area contributed by atoms with Gasteiger partial charge in [0.2, 0.25) is 0 Å². The van der Waals surface area contributed by atoms with Crippen LogP contribution >= 0.6 is 0 Å². The molecule has 0 amide bonds. The molecule has 3 saturated carbocycles. The SMILES string of the molecule is C[C@@H](O[Si](C)(C)C)[C@H]1CCC2C3CC=C4C[C@@H](O[Si](C)(C)C)CC[C@]4(C)C3CC[C@@]21C. The summed E-state index contributed by atoms with van der Waals surface area (Å²) >= 11 is 0. The zero-order valence-corrected chi connectivity index (χ0v) is 24.0. The fourth-order valence-corrected chi connectivity index (χ4v) is 11.2. The standard InChI is InChI=1S/C27H50O2Si2/c1-19(28-30(4,5)6)23-12-13-24-22-11-10-20-18-21(29-31(7,8)9)14-16-26(20,2)25(22)15-17-27(23,24)3/h10,19,21-25H,11-18H2,1-9H3/t19-,21+,22?,23-,24?,25?,26+,27-/m1/s1. The van der Waals surface area contributed by atoms with Gasteiger partial charge in [-0.2, -0.15) is 0 Å². The van der Waals surface area contributed by atoms with Crippen molar-refractivity contribution in [2.75, 3.05) is 0 Å². The summed E-state index contributed by atoms with van der Waals surface area (Å²) in [7, 11) is -2.95. The summed E-state index contributed by atoms with van der Waals surface area (Å²) in [5.41, 5.74) is 2.68. The van der Waals surface area contributed by atoms with Gasteiger partial charge in [-0.15, -0.1) is 0 Å². The molecule has 3 unspecified atom stereocenters. The molecule has 8 atom stereocenters. The first-order valence-electron chi connectivity index (χ1n) is 13.3. The van der Waals surface area contributed by atoms with Crippen molar-refractivity contribution in [3.63, 3.8) is 0 Å². The Labute approximate surface area is 195 Å². The summed E-state index contributed by atoms with van der Waals surface area (Å²) in [5.74, 6) is 3.44. The molecule has 4 aliphatic carbocycles. The van der Waals surface area contributed by atoms with E-state index in [0.717, 1.165) is 23.7 Å². The van der Waals surface area contributed by atoms with Crippen LogP contribution in [0, 0.1) is 34.5 Å². The van der Waals surface area contributed by atoms with E-state index in [1.165, 1.54) is 51.4 Å². The highest BCUT2D eigenvalue weighted by Gasteiger charge is 2.59. The molecule has 0 spiro atoms. The number of fused-ring (bicyclic) bond motifs is 5. The normalized spacial score (nSPS) is 44.2. The Hall–Kier alpha value is 0.0938. The molecule has 0 aromatic carbocycles. The maximum Gasteiger partial charge on any atom is 0.184 e. The Bertz CT molecular complexity index is 705. The molecule has 4 rings (SSSR count). The van der Waals surface area contributed by atoms with Gasteiger partial charge in [-0.25, -0.2) is 0 Å². The van der Waals surface area contributed by atoms with Gasteiger partial charge in [-0.05, 0) is 132 Å². The van der Waals surface area contributed by atoms with Gasteiger partial charge in [0.25, 0.3) is 0 Å². The van der Waals surface area contributed by atoms with Crippen molar-refractivity contribution in [1.29, 1.82) is 0 Å². The predicted octanol–water partition coefficient (Wildman–Crippen LogP) is 8.03. The second-order valence-electron chi connectivity index (χ2n) is 14.0. The van der Waals surface area contributed by atoms with Crippen molar-refractivity contribution in [1.82, 2.24) is 0 Å². The van der Waals surface area contributed by atoms with Gasteiger partial charge in [0, 0.05) is 12.2 Å². The molecule has 0 aromatic rings. The van der Waals surface area contributed by atoms with E-state index in [4.69, 9.17) is 8.85 Å². The molecule has 4 aliphatic rings. The van der Waals surface area contributed by atoms with Gasteiger partial charge in [0.05, 0.1) is 0 Å². The van der Waals surface area contributed by atoms with Gasteiger partial charge in [0.1, 0.15) is 0 Å². The highest BCUT2D eigenvalue weighted by molar-refractivity contribution is 6.70. The summed E-state index contributed by atoms with van der Waals surface area (Å²) in [5, 5.41) is 0. The van der Waals surface area contributed by atoms with Crippen molar-refractivity contribution in [3.05, 3.63) is 11.6 Å². The Balaban J connectivity index is 1.52. The first-order chi connectivity index (χ1) is 14.2. The summed E-state index contributed by atoms with van der Waals surface area (Å²) in [6, 6.07) is 0. The van der Waals surface area contributed by atoms with Gasteiger partial charge in [-0.3, -0.25) is 0 Å². The number of rotatable bonds is 5. The molecule has 4 heteroatoms. The summed E-state index contributed by atoms with van der Waals surface area (Å²) in [6.07, 6.45) is 14.4. The Morgan fingerprint density at radius 2 is 1.61 bits per heavy atom. The zero-order chi connectivity index (χ0) is 22.8. The van der Waals surface area contributed by atoms with Crippen LogP contribution in [0.2, 0.25) is 39.3 Å². The van der Waals surface area contributed by atoms with Crippen LogP contribution in [-0.4, -0.2) is 28.8 Å². The molecular weight excluding hydrogens is 412 g/mol. The summed E-state index contributed by atoms with van der Waals surface area (Å²) in [4.78, 5) is 0. The van der Waals surface area contributed by atoms with E-state index in [0.29, 0.717) is 23.0 Å². The van der Waals surface area contributed by atoms with Crippen molar-refractivity contribution in [2.24, 2.45) is 34.5 Å². The van der Waals surface area contributed by atoms with Gasteiger partial charge >= 0.3 is 0 Å². The largest absolute Gasteiger partial charge is 0.415 e. The first-order valence-corrected chi connectivity index (χ1v) is 20.1. The summed E-state index contributed by atoms with van der Waals surface area (Å²) < 4.78 is 13.2. The quantitative estimate of drug-likeness (QED) is 0.304. The third kappa shape index (κ3) is 4.57. The average Bonchev–Trinajstić information content (AvgIpc) is 2.97. The monoisotopic (exact) mass is 462 g/mol. The molecule has 0 heterocycles. The second-order valence-corrected chi connectivity index (χ2v) is 22.9. The van der Waals surface area contributed by atoms with E-state index in [1.807, 2.05) is 0 Å². The number of allylic oxidation sites excluding steroid dienone is 1. The molecular formula is C27H50O2Si2. The number of hydrogen-bond acceptors (Lipinski definition) is 2. The lowest BCUT2D eigenvalue weighted by atomic mass is 9.47. The summed E-state index contributed by atoms with van der Waals surface area (Å²) in [6.45, 7) is 21.8. The van der Waals surface area contributed by atoms with E-state index < -0.39 is 16.6 Å². The lowest BCUT2D eigenvalue weighted by molar-refractivity contribution is -0.0643. The van der Waals surface area contributed by atoms with Crippen LogP contribution < -0.4 is 0 Å². The van der Waals surface area contributed by atoms with Crippen LogP contribution in [0.1, 0.15) is 72.1 Å². The lowest BCUT2D eigenvalue weighted by Gasteiger charge is -2.58. The molecule has 0 aliphatic heterocycles. The van der Waals surface area contributed by atoms with Gasteiger partial charge in [-0.1, -0.05) is 25.5 Å². The van der Waals surface area contributed by atoms with Gasteiger partial charge < -0.3 is 8.85 Å². The minimum atomic E-state index is -1.49. The molecule has 0 aromatic heterocycles. The highest BCUT2D eigenvalue weighted by Crippen LogP contribution is 2.67. The maximum absolute atomic E-state index is 6.65. The molecule has 0 radical (unpaired) electrons. The molecule has 178 valence electrons. The zero-order valence-electron chi connectivity index (χ0n) is 22.0. The third-order valence-electron chi connectivity index (χ3n) is 9.76. The van der Waals surface area contributed by atoms with Crippen LogP contribution in [0.3, 0.4) is 0 Å². The van der Waals surface area contributed by atoms with Crippen LogP contribution in [-0.2, 0) is 8.85 Å². The molecule has 2 nitrogen and oxygen atoms in total. The third-order valence-corrected chi connectivity index (χ3v) is 11.9. The highest BCUT2D eigenvalue weighted by atomic mass is 28.4. The second kappa shape index (κ2) is 8.10. The fraction of sp³-hybridized carbons (Fsp3) is 0.926. The average molecular weight is 463 g/mol. The molecule has 31 heavy (non-hydrogen) atoms. The van der Waals surface area contributed by atoms with E-state index in [2.05, 4.69) is 66.1 Å². The van der Waals surface area contributed by atoms with Crippen molar-refractivity contribution in [3.8, 4) is 0 Å². The van der Waals surface area contributed by atoms with E-state index >= 15 is 0 Å². The van der Waals surface area contributed by atoms with E-state index in [1.54, 1.807) is 5.57 Å². The molecule has 3 fully saturated rings. The van der Waals surface area contributed by atoms with E-state index in [9.17, 15) is 0 Å².